The average Bonchev–Trinajstić information content (AvgIpc) is 3.14. The molecule has 0 spiro atoms. The zero-order chi connectivity index (χ0) is 22.9. The first-order valence-corrected chi connectivity index (χ1v) is 11.3. The van der Waals surface area contributed by atoms with Crippen LogP contribution in [0.1, 0.15) is 5.56 Å². The fourth-order valence-corrected chi connectivity index (χ4v) is 4.28. The van der Waals surface area contributed by atoms with E-state index in [2.05, 4.69) is 27.0 Å². The molecule has 1 saturated heterocycles. The molecule has 0 saturated carbocycles. The maximum Gasteiger partial charge on any atom is 0.228 e. The van der Waals surface area contributed by atoms with Gasteiger partial charge in [0.1, 0.15) is 11.6 Å². The van der Waals surface area contributed by atoms with Gasteiger partial charge in [-0.15, -0.1) is 0 Å². The molecule has 1 aliphatic rings. The number of nitrogens with zero attached hydrogens (tertiary/aromatic N) is 6. The lowest BCUT2D eigenvalue weighted by atomic mass is 10.1. The van der Waals surface area contributed by atoms with E-state index in [0.717, 1.165) is 60.1 Å². The molecule has 5 rings (SSSR count). The van der Waals surface area contributed by atoms with Crippen molar-refractivity contribution in [1.29, 1.82) is 0 Å². The first-order valence-electron chi connectivity index (χ1n) is 10.9. The molecule has 0 amide bonds. The van der Waals surface area contributed by atoms with Gasteiger partial charge in [0.05, 0.1) is 18.2 Å². The SMILES string of the molecule is COc1ccc(-c2nc(N3CCN(Cc4ccc(Cl)cc4)CC3)nc3nn(C)c(N)c23)cc1. The zero-order valence-electron chi connectivity index (χ0n) is 18.7. The second-order valence-corrected chi connectivity index (χ2v) is 8.63. The summed E-state index contributed by atoms with van der Waals surface area (Å²) < 4.78 is 6.96. The topological polar surface area (TPSA) is 85.3 Å². The summed E-state index contributed by atoms with van der Waals surface area (Å²) in [5.41, 5.74) is 9.93. The standard InChI is InChI=1S/C24H26ClN7O/c1-30-22(26)20-21(17-5-9-19(33-2)10-6-17)27-24(28-23(20)29-30)32-13-11-31(12-14-32)15-16-3-7-18(25)8-4-16/h3-10H,11-15,26H2,1-2H3. The monoisotopic (exact) mass is 463 g/mol. The van der Waals surface area contributed by atoms with Crippen molar-refractivity contribution in [3.8, 4) is 17.0 Å². The number of nitrogen functional groups attached to an aromatic ring is 1. The summed E-state index contributed by atoms with van der Waals surface area (Å²) >= 11 is 6.01. The third-order valence-corrected chi connectivity index (χ3v) is 6.32. The third kappa shape index (κ3) is 4.31. The highest BCUT2D eigenvalue weighted by atomic mass is 35.5. The Balaban J connectivity index is 1.41. The smallest absolute Gasteiger partial charge is 0.228 e. The van der Waals surface area contributed by atoms with Crippen LogP contribution in [0.5, 0.6) is 5.75 Å². The van der Waals surface area contributed by atoms with E-state index in [4.69, 9.17) is 32.0 Å². The van der Waals surface area contributed by atoms with Crippen LogP contribution in [0.3, 0.4) is 0 Å². The maximum absolute atomic E-state index is 6.33. The Bertz CT molecular complexity index is 1260. The van der Waals surface area contributed by atoms with Gasteiger partial charge in [0.2, 0.25) is 5.95 Å². The summed E-state index contributed by atoms with van der Waals surface area (Å²) in [7, 11) is 3.48. The van der Waals surface area contributed by atoms with E-state index < -0.39 is 0 Å². The van der Waals surface area contributed by atoms with E-state index in [1.165, 1.54) is 5.56 Å². The van der Waals surface area contributed by atoms with Gasteiger partial charge < -0.3 is 15.4 Å². The molecule has 2 N–H and O–H groups in total. The molecular formula is C24H26ClN7O. The molecule has 2 aromatic heterocycles. The molecule has 3 heterocycles. The van der Waals surface area contributed by atoms with Crippen LogP contribution >= 0.6 is 11.6 Å². The Morgan fingerprint density at radius 1 is 0.970 bits per heavy atom. The Morgan fingerprint density at radius 2 is 1.67 bits per heavy atom. The number of piperazine rings is 1. The van der Waals surface area contributed by atoms with Gasteiger partial charge in [0.25, 0.3) is 0 Å². The van der Waals surface area contributed by atoms with Gasteiger partial charge in [0, 0.05) is 50.4 Å². The van der Waals surface area contributed by atoms with Crippen molar-refractivity contribution in [2.24, 2.45) is 7.05 Å². The Hall–Kier alpha value is -3.36. The number of methoxy groups -OCH3 is 1. The number of aromatic nitrogens is 4. The molecule has 170 valence electrons. The predicted octanol–water partition coefficient (Wildman–Crippen LogP) is 3.60. The summed E-state index contributed by atoms with van der Waals surface area (Å²) in [5.74, 6) is 2.02. The highest BCUT2D eigenvalue weighted by Crippen LogP contribution is 2.32. The lowest BCUT2D eigenvalue weighted by molar-refractivity contribution is 0.249. The van der Waals surface area contributed by atoms with Crippen LogP contribution in [0.4, 0.5) is 11.8 Å². The van der Waals surface area contributed by atoms with Crippen molar-refractivity contribution in [2.75, 3.05) is 43.9 Å². The summed E-state index contributed by atoms with van der Waals surface area (Å²) in [4.78, 5) is 14.4. The molecule has 2 aromatic carbocycles. The fourth-order valence-electron chi connectivity index (χ4n) is 4.16. The molecule has 1 fully saturated rings. The van der Waals surface area contributed by atoms with E-state index in [9.17, 15) is 0 Å². The fraction of sp³-hybridized carbons (Fsp3) is 0.292. The summed E-state index contributed by atoms with van der Waals surface area (Å²) in [6.45, 7) is 4.42. The molecule has 0 aliphatic carbocycles. The van der Waals surface area contributed by atoms with Crippen molar-refractivity contribution < 1.29 is 4.74 Å². The van der Waals surface area contributed by atoms with Crippen LogP contribution in [-0.4, -0.2) is 57.9 Å². The predicted molar refractivity (Wildman–Crippen MR) is 132 cm³/mol. The number of hydrogen-bond acceptors (Lipinski definition) is 7. The van der Waals surface area contributed by atoms with Crippen molar-refractivity contribution in [1.82, 2.24) is 24.6 Å². The Labute approximate surface area is 197 Å². The van der Waals surface area contributed by atoms with Gasteiger partial charge in [-0.1, -0.05) is 23.7 Å². The number of fused-ring (bicyclic) bond motifs is 1. The molecule has 0 unspecified atom stereocenters. The molecule has 8 nitrogen and oxygen atoms in total. The number of hydrogen-bond donors (Lipinski definition) is 1. The van der Waals surface area contributed by atoms with Gasteiger partial charge in [-0.05, 0) is 42.0 Å². The van der Waals surface area contributed by atoms with Crippen molar-refractivity contribution in [3.63, 3.8) is 0 Å². The van der Waals surface area contributed by atoms with Gasteiger partial charge in [-0.2, -0.15) is 10.1 Å². The largest absolute Gasteiger partial charge is 0.497 e. The summed E-state index contributed by atoms with van der Waals surface area (Å²) in [6, 6.07) is 15.9. The highest BCUT2D eigenvalue weighted by Gasteiger charge is 2.23. The first-order chi connectivity index (χ1) is 16.0. The lowest BCUT2D eigenvalue weighted by Crippen LogP contribution is -2.46. The summed E-state index contributed by atoms with van der Waals surface area (Å²) in [6.07, 6.45) is 0. The van der Waals surface area contributed by atoms with Gasteiger partial charge in [0.15, 0.2) is 5.65 Å². The maximum atomic E-state index is 6.33. The molecule has 33 heavy (non-hydrogen) atoms. The second kappa shape index (κ2) is 8.88. The van der Waals surface area contributed by atoms with Crippen LogP contribution < -0.4 is 15.4 Å². The van der Waals surface area contributed by atoms with Crippen LogP contribution in [0, 0.1) is 0 Å². The van der Waals surface area contributed by atoms with E-state index in [1.807, 2.05) is 43.4 Å². The molecular weight excluding hydrogens is 438 g/mol. The van der Waals surface area contributed by atoms with Gasteiger partial charge in [-0.25, -0.2) is 4.98 Å². The number of nitrogens with two attached hydrogens (primary N) is 1. The number of ether oxygens (including phenoxy) is 1. The highest BCUT2D eigenvalue weighted by molar-refractivity contribution is 6.30. The van der Waals surface area contributed by atoms with Crippen LogP contribution in [0.25, 0.3) is 22.3 Å². The number of halogens is 1. The minimum absolute atomic E-state index is 0.551. The Kier molecular flexibility index (Phi) is 5.78. The minimum Gasteiger partial charge on any atom is -0.497 e. The van der Waals surface area contributed by atoms with E-state index in [-0.39, 0.29) is 0 Å². The molecule has 9 heteroatoms. The minimum atomic E-state index is 0.551. The van der Waals surface area contributed by atoms with Gasteiger partial charge >= 0.3 is 0 Å². The van der Waals surface area contributed by atoms with E-state index >= 15 is 0 Å². The number of rotatable bonds is 5. The second-order valence-electron chi connectivity index (χ2n) is 8.20. The third-order valence-electron chi connectivity index (χ3n) is 6.07. The summed E-state index contributed by atoms with van der Waals surface area (Å²) in [5, 5.41) is 6.07. The first kappa shape index (κ1) is 21.5. The van der Waals surface area contributed by atoms with Crippen LogP contribution in [-0.2, 0) is 13.6 Å². The molecule has 4 aromatic rings. The average molecular weight is 464 g/mol. The van der Waals surface area contributed by atoms with Crippen LogP contribution in [0.2, 0.25) is 5.02 Å². The van der Waals surface area contributed by atoms with Gasteiger partial charge in [-0.3, -0.25) is 9.58 Å². The van der Waals surface area contributed by atoms with Crippen molar-refractivity contribution in [3.05, 3.63) is 59.1 Å². The zero-order valence-corrected chi connectivity index (χ0v) is 19.5. The number of benzene rings is 2. The number of aryl methyl sites for hydroxylation is 1. The van der Waals surface area contributed by atoms with E-state index in [1.54, 1.807) is 11.8 Å². The quantitative estimate of drug-likeness (QED) is 0.484. The Morgan fingerprint density at radius 3 is 2.33 bits per heavy atom. The molecule has 0 bridgehead atoms. The van der Waals surface area contributed by atoms with Crippen molar-refractivity contribution >= 4 is 34.4 Å². The molecule has 1 aliphatic heterocycles. The molecule has 0 atom stereocenters. The van der Waals surface area contributed by atoms with Crippen LogP contribution in [0.15, 0.2) is 48.5 Å². The van der Waals surface area contributed by atoms with Crippen molar-refractivity contribution in [2.45, 2.75) is 6.54 Å². The number of anilines is 2. The lowest BCUT2D eigenvalue weighted by Gasteiger charge is -2.34. The molecule has 0 radical (unpaired) electrons. The van der Waals surface area contributed by atoms with E-state index in [0.29, 0.717) is 17.4 Å². The normalized spacial score (nSPS) is 14.7.